The predicted molar refractivity (Wildman–Crippen MR) is 89.8 cm³/mol. The summed E-state index contributed by atoms with van der Waals surface area (Å²) in [7, 11) is 1.75. The maximum atomic E-state index is 5.94. The summed E-state index contributed by atoms with van der Waals surface area (Å²) in [5.41, 5.74) is 1.35. The lowest BCUT2D eigenvalue weighted by atomic mass is 9.75. The molecular weight excluding hydrogens is 302 g/mol. The summed E-state index contributed by atoms with van der Waals surface area (Å²) in [5, 5.41) is 3.64. The molecule has 0 amide bonds. The molecule has 0 bridgehead atoms. The molecule has 2 aromatic rings. The Morgan fingerprint density at radius 3 is 2.76 bits per heavy atom. The number of ether oxygens (including phenoxy) is 1. The van der Waals surface area contributed by atoms with E-state index in [2.05, 4.69) is 29.6 Å². The van der Waals surface area contributed by atoms with Gasteiger partial charge >= 0.3 is 0 Å². The first-order valence-electron chi connectivity index (χ1n) is 7.37. The monoisotopic (exact) mass is 321 g/mol. The van der Waals surface area contributed by atoms with Crippen LogP contribution in [0.5, 0.6) is 5.75 Å². The van der Waals surface area contributed by atoms with Crippen molar-refractivity contribution in [1.29, 1.82) is 0 Å². The molecule has 0 spiro atoms. The minimum absolute atomic E-state index is 0.634. The number of benzene rings is 1. The highest BCUT2D eigenvalue weighted by Gasteiger charge is 2.31. The summed E-state index contributed by atoms with van der Waals surface area (Å²) in [4.78, 5) is 1.35. The fourth-order valence-electron chi connectivity index (χ4n) is 2.93. The molecule has 0 atom stereocenters. The van der Waals surface area contributed by atoms with Crippen molar-refractivity contribution in [1.82, 2.24) is 5.32 Å². The maximum Gasteiger partial charge on any atom is 0.122 e. The van der Waals surface area contributed by atoms with Crippen LogP contribution in [0.2, 0.25) is 4.34 Å². The number of hydrogen-bond acceptors (Lipinski definition) is 3. The molecule has 4 heteroatoms. The van der Waals surface area contributed by atoms with Crippen molar-refractivity contribution in [2.24, 2.45) is 0 Å². The van der Waals surface area contributed by atoms with E-state index in [1.54, 1.807) is 18.4 Å². The van der Waals surface area contributed by atoms with E-state index in [0.29, 0.717) is 12.0 Å². The molecule has 1 fully saturated rings. The van der Waals surface area contributed by atoms with Crippen molar-refractivity contribution in [3.8, 4) is 5.75 Å². The summed E-state index contributed by atoms with van der Waals surface area (Å²) < 4.78 is 6.33. The average molecular weight is 322 g/mol. The fourth-order valence-corrected chi connectivity index (χ4v) is 4.01. The molecular formula is C17H20ClNOS. The molecule has 0 saturated heterocycles. The molecule has 0 radical (unpaired) electrons. The van der Waals surface area contributed by atoms with Gasteiger partial charge in [-0.3, -0.25) is 0 Å². The summed E-state index contributed by atoms with van der Waals surface area (Å²) in [6.45, 7) is 1.03. The molecule has 0 aliphatic heterocycles. The van der Waals surface area contributed by atoms with Crippen LogP contribution in [-0.4, -0.2) is 19.7 Å². The van der Waals surface area contributed by atoms with Gasteiger partial charge in [0.15, 0.2) is 0 Å². The van der Waals surface area contributed by atoms with Gasteiger partial charge in [0.05, 0.1) is 11.4 Å². The van der Waals surface area contributed by atoms with Crippen LogP contribution in [-0.2, 0) is 6.42 Å². The van der Waals surface area contributed by atoms with Crippen LogP contribution >= 0.6 is 22.9 Å². The second kappa shape index (κ2) is 6.82. The van der Waals surface area contributed by atoms with Crippen LogP contribution in [0.4, 0.5) is 0 Å². The quantitative estimate of drug-likeness (QED) is 0.846. The van der Waals surface area contributed by atoms with Crippen LogP contribution in [0.25, 0.3) is 0 Å². The van der Waals surface area contributed by atoms with Gasteiger partial charge in [-0.15, -0.1) is 11.3 Å². The van der Waals surface area contributed by atoms with Gasteiger partial charge in [-0.1, -0.05) is 29.8 Å². The Bertz CT molecular complexity index is 592. The third-order valence-corrected chi connectivity index (χ3v) is 5.44. The zero-order chi connectivity index (χ0) is 14.7. The van der Waals surface area contributed by atoms with E-state index in [0.717, 1.165) is 23.1 Å². The van der Waals surface area contributed by atoms with Crippen LogP contribution in [0, 0.1) is 0 Å². The molecule has 1 heterocycles. The normalized spacial score (nSPS) is 21.0. The first-order valence-corrected chi connectivity index (χ1v) is 8.56. The Labute approximate surface area is 135 Å². The molecule has 1 aliphatic rings. The number of hydrogen-bond donors (Lipinski definition) is 1. The maximum absolute atomic E-state index is 5.94. The van der Waals surface area contributed by atoms with Gasteiger partial charge in [0.1, 0.15) is 5.75 Å². The SMILES string of the molecule is COc1ccccc1C1CC(NCCc2ccc(Cl)s2)C1. The number of nitrogens with one attached hydrogen (secondary N) is 1. The summed E-state index contributed by atoms with van der Waals surface area (Å²) >= 11 is 7.62. The minimum Gasteiger partial charge on any atom is -0.496 e. The van der Waals surface area contributed by atoms with Crippen LogP contribution in [0.15, 0.2) is 36.4 Å². The molecule has 2 nitrogen and oxygen atoms in total. The number of rotatable bonds is 6. The van der Waals surface area contributed by atoms with E-state index in [-0.39, 0.29) is 0 Å². The van der Waals surface area contributed by atoms with Gasteiger partial charge in [-0.25, -0.2) is 0 Å². The van der Waals surface area contributed by atoms with E-state index >= 15 is 0 Å². The predicted octanol–water partition coefficient (Wildman–Crippen LogP) is 4.49. The molecule has 1 aromatic heterocycles. The summed E-state index contributed by atoms with van der Waals surface area (Å²) in [5.74, 6) is 1.66. The highest BCUT2D eigenvalue weighted by atomic mass is 35.5. The van der Waals surface area contributed by atoms with Gasteiger partial charge in [0.25, 0.3) is 0 Å². The Hall–Kier alpha value is -1.03. The topological polar surface area (TPSA) is 21.3 Å². The van der Waals surface area contributed by atoms with Gasteiger partial charge in [-0.2, -0.15) is 0 Å². The van der Waals surface area contributed by atoms with Gasteiger partial charge < -0.3 is 10.1 Å². The van der Waals surface area contributed by atoms with Crippen molar-refractivity contribution in [3.63, 3.8) is 0 Å². The van der Waals surface area contributed by atoms with Crippen molar-refractivity contribution in [2.75, 3.05) is 13.7 Å². The third kappa shape index (κ3) is 3.60. The molecule has 1 aromatic carbocycles. The summed E-state index contributed by atoms with van der Waals surface area (Å²) in [6, 6.07) is 13.1. The number of para-hydroxylation sites is 1. The molecule has 1 N–H and O–H groups in total. The van der Waals surface area contributed by atoms with E-state index in [1.165, 1.54) is 23.3 Å². The van der Waals surface area contributed by atoms with Gasteiger partial charge in [-0.05, 0) is 48.9 Å². The van der Waals surface area contributed by atoms with Crippen molar-refractivity contribution >= 4 is 22.9 Å². The lowest BCUT2D eigenvalue weighted by molar-refractivity contribution is 0.285. The molecule has 1 aliphatic carbocycles. The van der Waals surface area contributed by atoms with E-state index in [1.807, 2.05) is 12.1 Å². The van der Waals surface area contributed by atoms with Crippen molar-refractivity contribution in [2.45, 2.75) is 31.2 Å². The molecule has 1 saturated carbocycles. The Balaban J connectivity index is 1.43. The molecule has 3 rings (SSSR count). The minimum atomic E-state index is 0.634. The zero-order valence-corrected chi connectivity index (χ0v) is 13.7. The standard InChI is InChI=1S/C17H20ClNOS/c1-20-16-5-3-2-4-15(16)12-10-13(11-12)19-9-8-14-6-7-17(18)21-14/h2-7,12-13,19H,8-11H2,1H3. The Morgan fingerprint density at radius 2 is 2.05 bits per heavy atom. The van der Waals surface area contributed by atoms with Crippen molar-refractivity contribution in [3.05, 3.63) is 51.2 Å². The van der Waals surface area contributed by atoms with Gasteiger partial charge in [0.2, 0.25) is 0 Å². The lowest BCUT2D eigenvalue weighted by Crippen LogP contribution is -2.41. The highest BCUT2D eigenvalue weighted by molar-refractivity contribution is 7.16. The first-order chi connectivity index (χ1) is 10.3. The number of methoxy groups -OCH3 is 1. The first kappa shape index (κ1) is 14.9. The highest BCUT2D eigenvalue weighted by Crippen LogP contribution is 2.40. The van der Waals surface area contributed by atoms with E-state index < -0.39 is 0 Å². The number of halogens is 1. The van der Waals surface area contributed by atoms with Crippen LogP contribution in [0.3, 0.4) is 0 Å². The number of thiophene rings is 1. The zero-order valence-electron chi connectivity index (χ0n) is 12.1. The third-order valence-electron chi connectivity index (χ3n) is 4.15. The van der Waals surface area contributed by atoms with Gasteiger partial charge in [0, 0.05) is 17.5 Å². The second-order valence-corrected chi connectivity index (χ2v) is 7.32. The van der Waals surface area contributed by atoms with E-state index in [9.17, 15) is 0 Å². The average Bonchev–Trinajstić information content (AvgIpc) is 2.87. The fraction of sp³-hybridized carbons (Fsp3) is 0.412. The molecule has 0 unspecified atom stereocenters. The lowest BCUT2D eigenvalue weighted by Gasteiger charge is -2.37. The largest absolute Gasteiger partial charge is 0.496 e. The molecule has 21 heavy (non-hydrogen) atoms. The Morgan fingerprint density at radius 1 is 1.24 bits per heavy atom. The van der Waals surface area contributed by atoms with Crippen LogP contribution < -0.4 is 10.1 Å². The second-order valence-electron chi connectivity index (χ2n) is 5.52. The van der Waals surface area contributed by atoms with Crippen LogP contribution in [0.1, 0.15) is 29.2 Å². The van der Waals surface area contributed by atoms with E-state index in [4.69, 9.17) is 16.3 Å². The Kier molecular flexibility index (Phi) is 4.84. The smallest absolute Gasteiger partial charge is 0.122 e. The molecule has 112 valence electrons. The van der Waals surface area contributed by atoms with Crippen molar-refractivity contribution < 1.29 is 4.74 Å². The summed E-state index contributed by atoms with van der Waals surface area (Å²) in [6.07, 6.45) is 3.46.